The number of rotatable bonds is 5. The number of thiocarbonyl (C=S) groups is 1. The number of hydrogen-bond donors (Lipinski definition) is 1. The summed E-state index contributed by atoms with van der Waals surface area (Å²) in [6.07, 6.45) is -6.43. The number of hydrogen-bond acceptors (Lipinski definition) is 6. The maximum absolute atomic E-state index is 12.6. The summed E-state index contributed by atoms with van der Waals surface area (Å²) in [5.74, 6) is -0.438. The van der Waals surface area contributed by atoms with Crippen LogP contribution in [-0.2, 0) is 35.0 Å². The minimum absolute atomic E-state index is 0.0441. The number of halogens is 6. The summed E-state index contributed by atoms with van der Waals surface area (Å²) in [4.78, 5) is 27.9. The van der Waals surface area contributed by atoms with Gasteiger partial charge in [0, 0.05) is 49.4 Å². The second-order valence-corrected chi connectivity index (χ2v) is 11.0. The molecule has 0 bridgehead atoms. The zero-order chi connectivity index (χ0) is 32.1. The van der Waals surface area contributed by atoms with E-state index in [2.05, 4.69) is 16.3 Å². The molecule has 0 atom stereocenters. The van der Waals surface area contributed by atoms with E-state index in [0.29, 0.717) is 68.2 Å². The number of carbonyl (C=O) groups is 2. The molecule has 4 heterocycles. The Balaban J connectivity index is 0.000000236. The molecule has 2 aromatic rings. The van der Waals surface area contributed by atoms with Crippen molar-refractivity contribution in [3.05, 3.63) is 34.9 Å². The van der Waals surface area contributed by atoms with Crippen molar-refractivity contribution < 1.29 is 35.9 Å². The van der Waals surface area contributed by atoms with Gasteiger partial charge in [0.15, 0.2) is 11.4 Å². The molecule has 10 nitrogen and oxygen atoms in total. The fraction of sp³-hybridized carbons (Fsp3) is 0.615. The second kappa shape index (κ2) is 13.7. The van der Waals surface area contributed by atoms with Gasteiger partial charge >= 0.3 is 12.4 Å². The summed E-state index contributed by atoms with van der Waals surface area (Å²) in [5, 5.41) is 15.7. The van der Waals surface area contributed by atoms with Gasteiger partial charge in [-0.05, 0) is 51.7 Å². The smallest absolute Gasteiger partial charge is 0.393 e. The highest BCUT2D eigenvalue weighted by Crippen LogP contribution is 2.29. The highest BCUT2D eigenvalue weighted by atomic mass is 32.1. The maximum Gasteiger partial charge on any atom is 0.435 e. The van der Waals surface area contributed by atoms with Crippen LogP contribution >= 0.6 is 12.2 Å². The van der Waals surface area contributed by atoms with Crippen LogP contribution in [0.1, 0.15) is 48.5 Å². The molecule has 0 saturated carbocycles. The van der Waals surface area contributed by atoms with Crippen LogP contribution in [0.3, 0.4) is 0 Å². The number of amides is 2. The number of aromatic nitrogens is 4. The third-order valence-electron chi connectivity index (χ3n) is 7.39. The molecule has 2 aromatic heterocycles. The molecule has 2 N–H and O–H groups in total. The van der Waals surface area contributed by atoms with Crippen molar-refractivity contribution in [2.45, 2.75) is 65.0 Å². The summed E-state index contributed by atoms with van der Waals surface area (Å²) in [7, 11) is 0. The highest BCUT2D eigenvalue weighted by Gasteiger charge is 2.36. The number of alkyl halides is 6. The highest BCUT2D eigenvalue weighted by molar-refractivity contribution is 7.80. The molecule has 2 aliphatic heterocycles. The Labute approximate surface area is 249 Å². The van der Waals surface area contributed by atoms with Crippen molar-refractivity contribution in [2.24, 2.45) is 17.6 Å². The van der Waals surface area contributed by atoms with Crippen molar-refractivity contribution in [1.29, 1.82) is 5.26 Å². The van der Waals surface area contributed by atoms with Gasteiger partial charge < -0.3 is 15.5 Å². The molecule has 0 radical (unpaired) electrons. The van der Waals surface area contributed by atoms with Crippen molar-refractivity contribution in [1.82, 2.24) is 29.4 Å². The third-order valence-corrected chi connectivity index (χ3v) is 7.73. The van der Waals surface area contributed by atoms with E-state index in [0.717, 1.165) is 21.5 Å². The Kier molecular flexibility index (Phi) is 10.8. The van der Waals surface area contributed by atoms with Gasteiger partial charge in [-0.25, -0.2) is 0 Å². The fourth-order valence-electron chi connectivity index (χ4n) is 4.75. The normalized spacial score (nSPS) is 16.8. The average molecular weight is 635 g/mol. The predicted octanol–water partition coefficient (Wildman–Crippen LogP) is 3.71. The van der Waals surface area contributed by atoms with E-state index >= 15 is 0 Å². The molecular weight excluding hydrogens is 602 g/mol. The van der Waals surface area contributed by atoms with Crippen LogP contribution in [0.15, 0.2) is 12.1 Å². The minimum atomic E-state index is -4.51. The van der Waals surface area contributed by atoms with Crippen LogP contribution in [0.2, 0.25) is 0 Å². The summed E-state index contributed by atoms with van der Waals surface area (Å²) in [6.45, 7) is 4.51. The summed E-state index contributed by atoms with van der Waals surface area (Å²) in [6, 6.07) is 4.02. The van der Waals surface area contributed by atoms with Gasteiger partial charge in [0.1, 0.15) is 13.1 Å². The number of nitrogens with two attached hydrogens (primary N) is 1. The van der Waals surface area contributed by atoms with Crippen molar-refractivity contribution >= 4 is 29.0 Å². The van der Waals surface area contributed by atoms with Crippen LogP contribution in [0.5, 0.6) is 0 Å². The van der Waals surface area contributed by atoms with Crippen LogP contribution in [0.4, 0.5) is 26.3 Å². The van der Waals surface area contributed by atoms with E-state index in [-0.39, 0.29) is 36.7 Å². The van der Waals surface area contributed by atoms with Gasteiger partial charge in [-0.2, -0.15) is 41.8 Å². The Morgan fingerprint density at radius 2 is 1.23 bits per heavy atom. The maximum atomic E-state index is 12.6. The van der Waals surface area contributed by atoms with Crippen LogP contribution in [0.25, 0.3) is 0 Å². The van der Waals surface area contributed by atoms with Crippen molar-refractivity contribution in [3.63, 3.8) is 0 Å². The molecule has 2 saturated heterocycles. The van der Waals surface area contributed by atoms with Gasteiger partial charge in [0.2, 0.25) is 11.8 Å². The standard InChI is InChI=1S/C13H17F3N4OS.C13H15F3N4O/c1-8-6-10(13(14,15)16)18-20(8)7-11(21)19-4-2-9(3-5-19)12(17)22;1-9-6-11(13(14,15)16)18-20(9)8-12(21)19-4-2-10(7-17)3-5-19/h6,9H,2-5,7H2,1H3,(H2,17,22);6,10H,2-5,8H2,1H3. The number of carbonyl (C=O) groups excluding carboxylic acids is 2. The monoisotopic (exact) mass is 634 g/mol. The lowest BCUT2D eigenvalue weighted by Crippen LogP contribution is -2.42. The predicted molar refractivity (Wildman–Crippen MR) is 145 cm³/mol. The van der Waals surface area contributed by atoms with Gasteiger partial charge in [0.05, 0.1) is 11.1 Å². The zero-order valence-corrected chi connectivity index (χ0v) is 24.4. The molecule has 4 rings (SSSR count). The molecule has 0 aromatic carbocycles. The lowest BCUT2D eigenvalue weighted by Gasteiger charge is -2.31. The zero-order valence-electron chi connectivity index (χ0n) is 23.6. The summed E-state index contributed by atoms with van der Waals surface area (Å²) in [5.41, 5.74) is 4.21. The van der Waals surface area contributed by atoms with E-state index in [4.69, 9.17) is 23.2 Å². The number of nitriles is 1. The first-order valence-corrected chi connectivity index (χ1v) is 13.9. The fourth-order valence-corrected chi connectivity index (χ4v) is 4.98. The van der Waals surface area contributed by atoms with Gasteiger partial charge in [-0.1, -0.05) is 12.2 Å². The van der Waals surface area contributed by atoms with Crippen LogP contribution < -0.4 is 5.73 Å². The van der Waals surface area contributed by atoms with E-state index in [1.165, 1.54) is 13.8 Å². The van der Waals surface area contributed by atoms with Gasteiger partial charge in [-0.15, -0.1) is 0 Å². The third kappa shape index (κ3) is 9.15. The molecule has 0 spiro atoms. The molecule has 2 fully saturated rings. The lowest BCUT2D eigenvalue weighted by atomic mass is 9.97. The van der Waals surface area contributed by atoms with Gasteiger partial charge in [0.25, 0.3) is 0 Å². The molecule has 43 heavy (non-hydrogen) atoms. The van der Waals surface area contributed by atoms with E-state index in [9.17, 15) is 35.9 Å². The second-order valence-electron chi connectivity index (χ2n) is 10.5. The first-order valence-electron chi connectivity index (χ1n) is 13.5. The molecule has 2 amide bonds. The Morgan fingerprint density at radius 3 is 1.53 bits per heavy atom. The topological polar surface area (TPSA) is 126 Å². The summed E-state index contributed by atoms with van der Waals surface area (Å²) < 4.78 is 77.6. The van der Waals surface area contributed by atoms with Crippen molar-refractivity contribution in [2.75, 3.05) is 26.2 Å². The Hall–Kier alpha value is -3.68. The average Bonchev–Trinajstić information content (AvgIpc) is 3.51. The molecular formula is C26H32F6N8O2S. The number of nitrogens with zero attached hydrogens (tertiary/aromatic N) is 7. The van der Waals surface area contributed by atoms with Crippen molar-refractivity contribution in [3.8, 4) is 6.07 Å². The number of aryl methyl sites for hydroxylation is 2. The molecule has 0 aliphatic carbocycles. The number of piperidine rings is 2. The molecule has 0 unspecified atom stereocenters. The van der Waals surface area contributed by atoms with E-state index in [1.54, 1.807) is 9.80 Å². The first kappa shape index (κ1) is 33.8. The molecule has 236 valence electrons. The SMILES string of the molecule is Cc1cc(C(F)(F)F)nn1CC(=O)N1CCC(C#N)CC1.Cc1cc(C(F)(F)F)nn1CC(=O)N1CCC(C(N)=S)CC1. The lowest BCUT2D eigenvalue weighted by molar-refractivity contribution is -0.142. The Morgan fingerprint density at radius 1 is 0.860 bits per heavy atom. The molecule has 2 aliphatic rings. The van der Waals surface area contributed by atoms with E-state index < -0.39 is 23.7 Å². The minimum Gasteiger partial charge on any atom is -0.393 e. The number of likely N-dealkylation sites (tertiary alicyclic amines) is 2. The van der Waals surface area contributed by atoms with E-state index in [1.807, 2.05) is 0 Å². The quantitative estimate of drug-likeness (QED) is 0.393. The van der Waals surface area contributed by atoms with Crippen LogP contribution in [-0.4, -0.2) is 72.3 Å². The van der Waals surface area contributed by atoms with Gasteiger partial charge in [-0.3, -0.25) is 19.0 Å². The first-order chi connectivity index (χ1) is 20.0. The molecule has 17 heteroatoms. The Bertz CT molecular complexity index is 1350. The van der Waals surface area contributed by atoms with Crippen LogP contribution in [0, 0.1) is 37.0 Å². The summed E-state index contributed by atoms with van der Waals surface area (Å²) >= 11 is 4.93. The largest absolute Gasteiger partial charge is 0.435 e.